The number of likely N-dealkylation sites (tertiary alicyclic amines) is 1. The largest absolute Gasteiger partial charge is 0.369 e. The average Bonchev–Trinajstić information content (AvgIpc) is 2.61. The zero-order valence-corrected chi connectivity index (χ0v) is 16.3. The fourth-order valence-electron chi connectivity index (χ4n) is 3.28. The van der Waals surface area contributed by atoms with Crippen LogP contribution in [0.2, 0.25) is 0 Å². The molecule has 0 radical (unpaired) electrons. The van der Waals surface area contributed by atoms with Gasteiger partial charge in [-0.15, -0.1) is 0 Å². The third-order valence-corrected chi connectivity index (χ3v) is 4.79. The second-order valence-electron chi connectivity index (χ2n) is 7.20. The Morgan fingerprint density at radius 3 is 2.73 bits per heavy atom. The molecule has 26 heavy (non-hydrogen) atoms. The second kappa shape index (κ2) is 10.2. The molecule has 1 saturated heterocycles. The lowest BCUT2D eigenvalue weighted by atomic mass is 10.00. The summed E-state index contributed by atoms with van der Waals surface area (Å²) in [5.41, 5.74) is 7.88. The van der Waals surface area contributed by atoms with Crippen LogP contribution in [0.1, 0.15) is 43.7 Å². The smallest absolute Gasteiger partial charge is 0.231 e. The number of amides is 1. The topological polar surface area (TPSA) is 82.8 Å². The Morgan fingerprint density at radius 1 is 1.38 bits per heavy atom. The van der Waals surface area contributed by atoms with E-state index < -0.39 is 0 Å². The van der Waals surface area contributed by atoms with Crippen LogP contribution in [0.15, 0.2) is 29.3 Å². The highest BCUT2D eigenvalue weighted by Crippen LogP contribution is 2.16. The van der Waals surface area contributed by atoms with Crippen LogP contribution in [0, 0.1) is 6.92 Å². The summed E-state index contributed by atoms with van der Waals surface area (Å²) in [5.74, 6) is 1.000. The predicted octanol–water partition coefficient (Wildman–Crippen LogP) is 1.60. The number of guanidine groups is 1. The van der Waals surface area contributed by atoms with E-state index >= 15 is 0 Å². The number of hydrogen-bond acceptors (Lipinski definition) is 3. The Hall–Kier alpha value is -2.08. The molecule has 1 amide bonds. The van der Waals surface area contributed by atoms with E-state index in [1.807, 2.05) is 0 Å². The van der Waals surface area contributed by atoms with E-state index in [2.05, 4.69) is 60.6 Å². The van der Waals surface area contributed by atoms with E-state index in [0.29, 0.717) is 18.5 Å². The van der Waals surface area contributed by atoms with Crippen molar-refractivity contribution in [2.45, 2.75) is 45.6 Å². The van der Waals surface area contributed by atoms with Crippen LogP contribution in [0.4, 0.5) is 0 Å². The molecule has 0 saturated carbocycles. The van der Waals surface area contributed by atoms with Crippen molar-refractivity contribution in [3.05, 3.63) is 35.4 Å². The van der Waals surface area contributed by atoms with Gasteiger partial charge in [0.15, 0.2) is 5.96 Å². The highest BCUT2D eigenvalue weighted by molar-refractivity contribution is 5.80. The first-order chi connectivity index (χ1) is 12.5. The van der Waals surface area contributed by atoms with E-state index in [1.165, 1.54) is 11.1 Å². The standard InChI is InChI=1S/C20H33N5O/c1-4-22-20(23-13-16(3)17-7-5-6-15(2)12-17)24-18-8-10-25(11-9-18)14-19(21)26/h5-7,12,16,18H,4,8-11,13-14H2,1-3H3,(H2,21,26)(H2,22,23,24). The van der Waals surface area contributed by atoms with E-state index in [1.54, 1.807) is 0 Å². The number of benzene rings is 1. The number of nitrogens with one attached hydrogen (secondary N) is 2. The normalized spacial score (nSPS) is 17.7. The fourth-order valence-corrected chi connectivity index (χ4v) is 3.28. The third kappa shape index (κ3) is 6.67. The van der Waals surface area contributed by atoms with Crippen LogP contribution in [-0.4, -0.2) is 55.5 Å². The van der Waals surface area contributed by atoms with Gasteiger partial charge in [-0.25, -0.2) is 0 Å². The Labute approximate surface area is 157 Å². The first-order valence-electron chi connectivity index (χ1n) is 9.60. The van der Waals surface area contributed by atoms with Gasteiger partial charge >= 0.3 is 0 Å². The number of rotatable bonds is 7. The van der Waals surface area contributed by atoms with Gasteiger partial charge in [0, 0.05) is 38.1 Å². The Kier molecular flexibility index (Phi) is 7.91. The van der Waals surface area contributed by atoms with Gasteiger partial charge in [0.2, 0.25) is 5.91 Å². The summed E-state index contributed by atoms with van der Waals surface area (Å²) in [6, 6.07) is 9.01. The minimum absolute atomic E-state index is 0.253. The highest BCUT2D eigenvalue weighted by Gasteiger charge is 2.20. The Bertz CT molecular complexity index is 608. The summed E-state index contributed by atoms with van der Waals surface area (Å²) < 4.78 is 0. The molecule has 6 nitrogen and oxygen atoms in total. The maximum Gasteiger partial charge on any atom is 0.231 e. The maximum atomic E-state index is 11.0. The molecule has 4 N–H and O–H groups in total. The molecule has 0 aromatic heterocycles. The zero-order chi connectivity index (χ0) is 18.9. The van der Waals surface area contributed by atoms with Gasteiger partial charge in [-0.3, -0.25) is 14.7 Å². The number of piperidine rings is 1. The number of aryl methyl sites for hydroxylation is 1. The minimum atomic E-state index is -0.253. The van der Waals surface area contributed by atoms with Crippen molar-refractivity contribution in [2.75, 3.05) is 32.7 Å². The third-order valence-electron chi connectivity index (χ3n) is 4.79. The quantitative estimate of drug-likeness (QED) is 0.510. The van der Waals surface area contributed by atoms with E-state index in [-0.39, 0.29) is 5.91 Å². The number of nitrogens with two attached hydrogens (primary N) is 1. The van der Waals surface area contributed by atoms with Gasteiger partial charge in [0.25, 0.3) is 0 Å². The lowest BCUT2D eigenvalue weighted by molar-refractivity contribution is -0.119. The number of primary amides is 1. The molecule has 1 atom stereocenters. The molecule has 0 aliphatic carbocycles. The molecule has 2 rings (SSSR count). The van der Waals surface area contributed by atoms with Gasteiger partial charge < -0.3 is 16.4 Å². The summed E-state index contributed by atoms with van der Waals surface area (Å²) in [6.45, 7) is 10.1. The number of carbonyl (C=O) groups excluding carboxylic acids is 1. The molecule has 1 aliphatic rings. The lowest BCUT2D eigenvalue weighted by Gasteiger charge is -2.32. The van der Waals surface area contributed by atoms with Gasteiger partial charge in [0.1, 0.15) is 0 Å². The van der Waals surface area contributed by atoms with Crippen molar-refractivity contribution in [1.82, 2.24) is 15.5 Å². The Balaban J connectivity index is 1.87. The van der Waals surface area contributed by atoms with E-state index in [9.17, 15) is 4.79 Å². The monoisotopic (exact) mass is 359 g/mol. The molecular weight excluding hydrogens is 326 g/mol. The first kappa shape index (κ1) is 20.2. The molecule has 1 heterocycles. The summed E-state index contributed by atoms with van der Waals surface area (Å²) in [6.07, 6.45) is 1.98. The predicted molar refractivity (Wildman–Crippen MR) is 107 cm³/mol. The zero-order valence-electron chi connectivity index (χ0n) is 16.3. The lowest BCUT2D eigenvalue weighted by Crippen LogP contribution is -2.49. The number of hydrogen-bond donors (Lipinski definition) is 3. The van der Waals surface area contributed by atoms with Crippen molar-refractivity contribution in [1.29, 1.82) is 0 Å². The average molecular weight is 360 g/mol. The minimum Gasteiger partial charge on any atom is -0.369 e. The molecule has 0 bridgehead atoms. The fraction of sp³-hybridized carbons (Fsp3) is 0.600. The Morgan fingerprint density at radius 2 is 2.12 bits per heavy atom. The molecule has 6 heteroatoms. The van der Waals surface area contributed by atoms with Crippen molar-refractivity contribution in [3.8, 4) is 0 Å². The number of carbonyl (C=O) groups is 1. The number of aliphatic imine (C=N–C) groups is 1. The summed E-state index contributed by atoms with van der Waals surface area (Å²) >= 11 is 0. The molecule has 1 aromatic rings. The van der Waals surface area contributed by atoms with Crippen LogP contribution < -0.4 is 16.4 Å². The molecule has 144 valence electrons. The van der Waals surface area contributed by atoms with Crippen molar-refractivity contribution in [3.63, 3.8) is 0 Å². The molecule has 1 aliphatic heterocycles. The van der Waals surface area contributed by atoms with Gasteiger partial charge in [-0.2, -0.15) is 0 Å². The first-order valence-corrected chi connectivity index (χ1v) is 9.60. The summed E-state index contributed by atoms with van der Waals surface area (Å²) in [5, 5.41) is 6.89. The number of nitrogens with zero attached hydrogens (tertiary/aromatic N) is 2. The van der Waals surface area contributed by atoms with E-state index in [0.717, 1.165) is 45.0 Å². The SMILES string of the molecule is CCNC(=NCC(C)c1cccc(C)c1)NC1CCN(CC(N)=O)CC1. The molecular formula is C20H33N5O. The van der Waals surface area contributed by atoms with Gasteiger partial charge in [-0.1, -0.05) is 36.8 Å². The van der Waals surface area contributed by atoms with Crippen molar-refractivity contribution < 1.29 is 4.79 Å². The summed E-state index contributed by atoms with van der Waals surface area (Å²) in [4.78, 5) is 17.9. The molecule has 0 spiro atoms. The van der Waals surface area contributed by atoms with Crippen LogP contribution >= 0.6 is 0 Å². The maximum absolute atomic E-state index is 11.0. The van der Waals surface area contributed by atoms with Crippen LogP contribution in [-0.2, 0) is 4.79 Å². The van der Waals surface area contributed by atoms with Gasteiger partial charge in [0.05, 0.1) is 6.54 Å². The van der Waals surface area contributed by atoms with Crippen LogP contribution in [0.25, 0.3) is 0 Å². The summed E-state index contributed by atoms with van der Waals surface area (Å²) in [7, 11) is 0. The highest BCUT2D eigenvalue weighted by atomic mass is 16.1. The molecule has 1 aromatic carbocycles. The molecule has 1 fully saturated rings. The molecule has 1 unspecified atom stereocenters. The van der Waals surface area contributed by atoms with E-state index in [4.69, 9.17) is 10.7 Å². The van der Waals surface area contributed by atoms with Crippen LogP contribution in [0.3, 0.4) is 0 Å². The van der Waals surface area contributed by atoms with Crippen LogP contribution in [0.5, 0.6) is 0 Å². The second-order valence-corrected chi connectivity index (χ2v) is 7.20. The van der Waals surface area contributed by atoms with Gasteiger partial charge in [-0.05, 0) is 32.3 Å². The van der Waals surface area contributed by atoms with Crippen molar-refractivity contribution >= 4 is 11.9 Å². The van der Waals surface area contributed by atoms with Crippen molar-refractivity contribution in [2.24, 2.45) is 10.7 Å².